The molecule has 0 unspecified atom stereocenters. The second-order valence-electron chi connectivity index (χ2n) is 11.1. The van der Waals surface area contributed by atoms with Crippen LogP contribution in [0.15, 0.2) is 107 Å². The zero-order chi connectivity index (χ0) is 30.5. The lowest BCUT2D eigenvalue weighted by molar-refractivity contribution is -0.114. The number of carbonyl (C=O) groups is 2. The molecule has 224 valence electrons. The van der Waals surface area contributed by atoms with Gasteiger partial charge in [-0.2, -0.15) is 0 Å². The van der Waals surface area contributed by atoms with E-state index in [0.29, 0.717) is 23.6 Å². The summed E-state index contributed by atoms with van der Waals surface area (Å²) >= 11 is 7.64. The Morgan fingerprint density at radius 3 is 2.41 bits per heavy atom. The van der Waals surface area contributed by atoms with Crippen molar-refractivity contribution in [3.05, 3.63) is 129 Å². The van der Waals surface area contributed by atoms with Crippen LogP contribution in [0.4, 0.5) is 11.4 Å². The van der Waals surface area contributed by atoms with E-state index in [-0.39, 0.29) is 11.8 Å². The van der Waals surface area contributed by atoms with E-state index in [9.17, 15) is 9.59 Å². The lowest BCUT2D eigenvalue weighted by atomic mass is 10.1. The van der Waals surface area contributed by atoms with Gasteiger partial charge in [0, 0.05) is 60.4 Å². The van der Waals surface area contributed by atoms with Crippen molar-refractivity contribution in [2.75, 3.05) is 49.1 Å². The summed E-state index contributed by atoms with van der Waals surface area (Å²) in [5.41, 5.74) is 5.84. The van der Waals surface area contributed by atoms with E-state index in [2.05, 4.69) is 58.4 Å². The highest BCUT2D eigenvalue weighted by molar-refractivity contribution is 8.04. The van der Waals surface area contributed by atoms with E-state index in [0.717, 1.165) is 65.1 Å². The monoisotopic (exact) mass is 622 g/mol. The fraction of sp³-hybridized carbons (Fsp3) is 0.222. The Morgan fingerprint density at radius 2 is 1.66 bits per heavy atom. The van der Waals surface area contributed by atoms with Gasteiger partial charge in [0.1, 0.15) is 0 Å². The van der Waals surface area contributed by atoms with Crippen LogP contribution in [0.2, 0.25) is 5.02 Å². The van der Waals surface area contributed by atoms with Crippen molar-refractivity contribution in [1.29, 1.82) is 0 Å². The van der Waals surface area contributed by atoms with Gasteiger partial charge in [-0.15, -0.1) is 0 Å². The topological polar surface area (TPSA) is 55.9 Å². The predicted molar refractivity (Wildman–Crippen MR) is 182 cm³/mol. The Labute approximate surface area is 268 Å². The zero-order valence-electron chi connectivity index (χ0n) is 24.7. The third-order valence-corrected chi connectivity index (χ3v) is 9.34. The molecular formula is C36H35ClN4O2S. The Hall–Kier alpha value is -4.04. The number of fused-ring (bicyclic) bond motifs is 1. The SMILES string of the molecule is Cc1ccc(CN2C(=O)C(=Cc3ccc(C(=O)NCCN4CCN(c5cccc(Cl)c5)CC4)cc3)Sc3ccccc32)cc1. The van der Waals surface area contributed by atoms with Crippen LogP contribution >= 0.6 is 23.4 Å². The summed E-state index contributed by atoms with van der Waals surface area (Å²) in [5.74, 6) is -0.118. The van der Waals surface area contributed by atoms with Crippen molar-refractivity contribution in [2.24, 2.45) is 0 Å². The molecule has 0 atom stereocenters. The summed E-state index contributed by atoms with van der Waals surface area (Å²) < 4.78 is 0. The van der Waals surface area contributed by atoms with Crippen LogP contribution in [0.1, 0.15) is 27.0 Å². The number of nitrogens with one attached hydrogen (secondary N) is 1. The molecule has 2 amide bonds. The van der Waals surface area contributed by atoms with Gasteiger partial charge >= 0.3 is 0 Å². The second-order valence-corrected chi connectivity index (χ2v) is 12.7. The molecule has 0 spiro atoms. The number of anilines is 2. The van der Waals surface area contributed by atoms with Crippen LogP contribution < -0.4 is 15.1 Å². The Kier molecular flexibility index (Phi) is 9.36. The quantitative estimate of drug-likeness (QED) is 0.217. The van der Waals surface area contributed by atoms with Crippen molar-refractivity contribution in [3.63, 3.8) is 0 Å². The van der Waals surface area contributed by atoms with Gasteiger partial charge in [-0.25, -0.2) is 0 Å². The van der Waals surface area contributed by atoms with E-state index in [4.69, 9.17) is 11.6 Å². The molecule has 2 aliphatic heterocycles. The first-order chi connectivity index (χ1) is 21.4. The van der Waals surface area contributed by atoms with Crippen LogP contribution in [0.5, 0.6) is 0 Å². The third kappa shape index (κ3) is 7.18. The molecule has 4 aromatic rings. The average Bonchev–Trinajstić information content (AvgIpc) is 3.04. The van der Waals surface area contributed by atoms with Crippen molar-refractivity contribution in [1.82, 2.24) is 10.2 Å². The van der Waals surface area contributed by atoms with Crippen LogP contribution in [0, 0.1) is 6.92 Å². The molecule has 0 aromatic heterocycles. The minimum absolute atomic E-state index is 0.0236. The highest BCUT2D eigenvalue weighted by Gasteiger charge is 2.29. The van der Waals surface area contributed by atoms with E-state index in [1.54, 1.807) is 0 Å². The molecule has 0 aliphatic carbocycles. The number of benzene rings is 4. The molecule has 0 bridgehead atoms. The summed E-state index contributed by atoms with van der Waals surface area (Å²) in [7, 11) is 0. The number of para-hydroxylation sites is 1. The number of carbonyl (C=O) groups excluding carboxylic acids is 2. The summed E-state index contributed by atoms with van der Waals surface area (Å²) in [5, 5.41) is 3.81. The minimum Gasteiger partial charge on any atom is -0.369 e. The number of hydrogen-bond acceptors (Lipinski definition) is 5. The average molecular weight is 623 g/mol. The third-order valence-electron chi connectivity index (χ3n) is 8.02. The number of rotatable bonds is 8. The lowest BCUT2D eigenvalue weighted by Gasteiger charge is -2.36. The lowest BCUT2D eigenvalue weighted by Crippen LogP contribution is -2.48. The largest absolute Gasteiger partial charge is 0.369 e. The summed E-state index contributed by atoms with van der Waals surface area (Å²) in [4.78, 5) is 34.8. The van der Waals surface area contributed by atoms with Crippen LogP contribution in [0.25, 0.3) is 6.08 Å². The fourth-order valence-electron chi connectivity index (χ4n) is 5.51. The van der Waals surface area contributed by atoms with E-state index < -0.39 is 0 Å². The number of aryl methyl sites for hydroxylation is 1. The van der Waals surface area contributed by atoms with Gasteiger partial charge < -0.3 is 15.1 Å². The normalized spacial score (nSPS) is 16.2. The van der Waals surface area contributed by atoms with Crippen LogP contribution in [0.3, 0.4) is 0 Å². The Bertz CT molecular complexity index is 1660. The molecule has 1 N–H and O–H groups in total. The first-order valence-electron chi connectivity index (χ1n) is 14.9. The summed E-state index contributed by atoms with van der Waals surface area (Å²) in [6.45, 7) is 7.70. The molecule has 1 saturated heterocycles. The maximum atomic E-state index is 13.7. The van der Waals surface area contributed by atoms with Gasteiger partial charge in [-0.1, -0.05) is 83.5 Å². The number of nitrogens with zero attached hydrogens (tertiary/aromatic N) is 3. The first-order valence-corrected chi connectivity index (χ1v) is 16.1. The van der Waals surface area contributed by atoms with Gasteiger partial charge in [0.2, 0.25) is 0 Å². The van der Waals surface area contributed by atoms with E-state index in [1.165, 1.54) is 17.3 Å². The maximum Gasteiger partial charge on any atom is 0.265 e. The van der Waals surface area contributed by atoms with Crippen molar-refractivity contribution in [3.8, 4) is 0 Å². The van der Waals surface area contributed by atoms with Gasteiger partial charge in [-0.3, -0.25) is 14.5 Å². The Morgan fingerprint density at radius 1 is 0.909 bits per heavy atom. The van der Waals surface area contributed by atoms with Crippen molar-refractivity contribution >= 4 is 52.6 Å². The smallest absolute Gasteiger partial charge is 0.265 e. The number of piperazine rings is 1. The van der Waals surface area contributed by atoms with Crippen molar-refractivity contribution in [2.45, 2.75) is 18.4 Å². The molecular weight excluding hydrogens is 588 g/mol. The molecule has 6 nitrogen and oxygen atoms in total. The van der Waals surface area contributed by atoms with Gasteiger partial charge in [0.05, 0.1) is 17.1 Å². The predicted octanol–water partition coefficient (Wildman–Crippen LogP) is 6.88. The molecule has 44 heavy (non-hydrogen) atoms. The van der Waals surface area contributed by atoms with Gasteiger partial charge in [-0.05, 0) is 66.6 Å². The number of thioether (sulfide) groups is 1. The molecule has 6 rings (SSSR count). The molecule has 2 heterocycles. The molecule has 2 aliphatic rings. The molecule has 8 heteroatoms. The first kappa shape index (κ1) is 30.0. The zero-order valence-corrected chi connectivity index (χ0v) is 26.3. The number of amides is 2. The standard InChI is InChI=1S/C36H35ClN4O2S/c1-26-9-11-28(12-10-26)25-41-32-7-2-3-8-33(32)44-34(36(41)43)23-27-13-15-29(16-14-27)35(42)38-17-18-39-19-21-40(22-20-39)31-6-4-5-30(37)24-31/h2-16,23-24H,17-22,25H2,1H3,(H,38,42). The summed E-state index contributed by atoms with van der Waals surface area (Å²) in [6, 6.07) is 31.7. The maximum absolute atomic E-state index is 13.7. The molecule has 1 fully saturated rings. The van der Waals surface area contributed by atoms with Gasteiger partial charge in [0.25, 0.3) is 11.8 Å². The number of halogens is 1. The highest BCUT2D eigenvalue weighted by atomic mass is 35.5. The van der Waals surface area contributed by atoms with Crippen molar-refractivity contribution < 1.29 is 9.59 Å². The molecule has 4 aromatic carbocycles. The Balaban J connectivity index is 1.04. The molecule has 0 radical (unpaired) electrons. The summed E-state index contributed by atoms with van der Waals surface area (Å²) in [6.07, 6.45) is 1.91. The van der Waals surface area contributed by atoms with Crippen LogP contribution in [-0.2, 0) is 11.3 Å². The highest BCUT2D eigenvalue weighted by Crippen LogP contribution is 2.42. The van der Waals surface area contributed by atoms with E-state index in [1.807, 2.05) is 71.6 Å². The number of hydrogen-bond donors (Lipinski definition) is 1. The van der Waals surface area contributed by atoms with Gasteiger partial charge in [0.15, 0.2) is 0 Å². The van der Waals surface area contributed by atoms with E-state index >= 15 is 0 Å². The van der Waals surface area contributed by atoms with Crippen LogP contribution in [-0.4, -0.2) is 56.0 Å². The fourth-order valence-corrected chi connectivity index (χ4v) is 6.75. The minimum atomic E-state index is -0.0944. The molecule has 0 saturated carbocycles. The second kappa shape index (κ2) is 13.7.